The van der Waals surface area contributed by atoms with Crippen molar-refractivity contribution in [1.29, 1.82) is 0 Å². The molecular weight excluding hydrogens is 365 g/mol. The summed E-state index contributed by atoms with van der Waals surface area (Å²) in [7, 11) is 0. The molecule has 1 saturated heterocycles. The Hall–Kier alpha value is -2.58. The van der Waals surface area contributed by atoms with Crippen molar-refractivity contribution in [3.05, 3.63) is 29.8 Å². The number of halogens is 3. The van der Waals surface area contributed by atoms with Crippen molar-refractivity contribution < 1.29 is 32.3 Å². The molecule has 148 valence electrons. The topological polar surface area (TPSA) is 75.7 Å². The van der Waals surface area contributed by atoms with E-state index in [0.717, 1.165) is 6.42 Å². The molecule has 9 heteroatoms. The van der Waals surface area contributed by atoms with Crippen molar-refractivity contribution in [1.82, 2.24) is 4.90 Å². The van der Waals surface area contributed by atoms with Crippen molar-refractivity contribution in [3.63, 3.8) is 0 Å². The van der Waals surface area contributed by atoms with Gasteiger partial charge in [-0.05, 0) is 31.4 Å². The molecule has 0 bridgehead atoms. The fraction of sp³-hybridized carbons (Fsp3) is 0.500. The van der Waals surface area contributed by atoms with Crippen molar-refractivity contribution in [2.24, 2.45) is 0 Å². The summed E-state index contributed by atoms with van der Waals surface area (Å²) in [6, 6.07) is 4.84. The molecule has 1 aromatic rings. The quantitative estimate of drug-likeness (QED) is 0.602. The van der Waals surface area contributed by atoms with Crippen molar-refractivity contribution in [2.75, 3.05) is 18.5 Å². The maximum absolute atomic E-state index is 12.7. The molecule has 1 N–H and O–H groups in total. The predicted molar refractivity (Wildman–Crippen MR) is 91.1 cm³/mol. The van der Waals surface area contributed by atoms with Crippen molar-refractivity contribution in [2.45, 2.75) is 44.8 Å². The summed E-state index contributed by atoms with van der Waals surface area (Å²) in [5.41, 5.74) is 0.240. The van der Waals surface area contributed by atoms with Crippen LogP contribution in [-0.2, 0) is 14.3 Å². The maximum atomic E-state index is 12.7. The lowest BCUT2D eigenvalue weighted by molar-refractivity contribution is -0.186. The van der Waals surface area contributed by atoms with Gasteiger partial charge >= 0.3 is 18.1 Å². The highest BCUT2D eigenvalue weighted by Gasteiger charge is 2.47. The van der Waals surface area contributed by atoms with Crippen LogP contribution < -0.4 is 5.32 Å². The van der Waals surface area contributed by atoms with Gasteiger partial charge in [-0.25, -0.2) is 4.79 Å². The second kappa shape index (κ2) is 8.88. The number of nitrogens with zero attached hydrogens (tertiary/aromatic N) is 1. The van der Waals surface area contributed by atoms with Crippen LogP contribution in [0, 0.1) is 0 Å². The molecule has 1 atom stereocenters. The van der Waals surface area contributed by atoms with Crippen LogP contribution in [0.3, 0.4) is 0 Å². The lowest BCUT2D eigenvalue weighted by Gasteiger charge is -2.25. The van der Waals surface area contributed by atoms with Gasteiger partial charge in [0, 0.05) is 6.54 Å². The molecule has 1 aromatic carbocycles. The molecule has 1 unspecified atom stereocenters. The number of benzene rings is 1. The molecule has 0 radical (unpaired) electrons. The average Bonchev–Trinajstić information content (AvgIpc) is 3.10. The smallest absolute Gasteiger partial charge is 0.462 e. The Bertz CT molecular complexity index is 706. The fourth-order valence-corrected chi connectivity index (χ4v) is 2.82. The van der Waals surface area contributed by atoms with Gasteiger partial charge in [0.2, 0.25) is 5.91 Å². The third kappa shape index (κ3) is 5.21. The van der Waals surface area contributed by atoms with Crippen molar-refractivity contribution in [3.8, 4) is 0 Å². The number of hydrogen-bond donors (Lipinski definition) is 1. The number of ether oxygens (including phenoxy) is 1. The third-order valence-electron chi connectivity index (χ3n) is 4.19. The molecule has 0 aromatic heterocycles. The van der Waals surface area contributed by atoms with E-state index in [4.69, 9.17) is 4.74 Å². The first kappa shape index (κ1) is 20.7. The standard InChI is InChI=1S/C18H21F3N2O4/c1-2-3-11-27-16(25)12-7-4-5-8-13(12)22-15(24)14-9-6-10-23(14)17(26)18(19,20)21/h4-5,7-8,14H,2-3,6,9-11H2,1H3,(H,22,24). The van der Waals surface area contributed by atoms with E-state index in [9.17, 15) is 27.6 Å². The minimum atomic E-state index is -5.04. The highest BCUT2D eigenvalue weighted by atomic mass is 19.4. The molecule has 0 saturated carbocycles. The van der Waals surface area contributed by atoms with Gasteiger partial charge in [0.25, 0.3) is 0 Å². The first-order chi connectivity index (χ1) is 12.8. The first-order valence-corrected chi connectivity index (χ1v) is 8.70. The number of rotatable bonds is 6. The molecule has 0 spiro atoms. The lowest BCUT2D eigenvalue weighted by atomic mass is 10.1. The summed E-state index contributed by atoms with van der Waals surface area (Å²) in [5, 5.41) is 2.46. The maximum Gasteiger partial charge on any atom is 0.471 e. The van der Waals surface area contributed by atoms with Gasteiger partial charge in [0.15, 0.2) is 0 Å². The molecule has 1 heterocycles. The van der Waals surface area contributed by atoms with Gasteiger partial charge in [-0.3, -0.25) is 9.59 Å². The number of nitrogens with one attached hydrogen (secondary N) is 1. The molecule has 27 heavy (non-hydrogen) atoms. The van der Waals surface area contributed by atoms with E-state index in [0.29, 0.717) is 17.7 Å². The Morgan fingerprint density at radius 2 is 1.96 bits per heavy atom. The minimum absolute atomic E-state index is 0.105. The number of alkyl halides is 3. The van der Waals surface area contributed by atoms with Gasteiger partial charge < -0.3 is 15.0 Å². The Morgan fingerprint density at radius 3 is 2.63 bits per heavy atom. The average molecular weight is 386 g/mol. The van der Waals surface area contributed by atoms with E-state index in [-0.39, 0.29) is 30.8 Å². The molecule has 2 rings (SSSR count). The number of hydrogen-bond acceptors (Lipinski definition) is 4. The molecule has 0 aliphatic carbocycles. The van der Waals surface area contributed by atoms with Gasteiger partial charge in [-0.15, -0.1) is 0 Å². The van der Waals surface area contributed by atoms with Crippen LogP contribution in [0.15, 0.2) is 24.3 Å². The number of anilines is 1. The highest BCUT2D eigenvalue weighted by molar-refractivity contribution is 6.04. The van der Waals surface area contributed by atoms with E-state index in [1.807, 2.05) is 6.92 Å². The fourth-order valence-electron chi connectivity index (χ4n) is 2.82. The molecule has 2 amide bonds. The number of amides is 2. The normalized spacial score (nSPS) is 16.9. The van der Waals surface area contributed by atoms with Crippen molar-refractivity contribution >= 4 is 23.5 Å². The van der Waals surface area contributed by atoms with E-state index in [2.05, 4.69) is 5.32 Å². The van der Waals surface area contributed by atoms with Gasteiger partial charge in [-0.2, -0.15) is 13.2 Å². The Balaban J connectivity index is 2.11. The Labute approximate surface area is 154 Å². The predicted octanol–water partition coefficient (Wildman–Crippen LogP) is 3.14. The summed E-state index contributed by atoms with van der Waals surface area (Å²) >= 11 is 0. The minimum Gasteiger partial charge on any atom is -0.462 e. The van der Waals surface area contributed by atoms with E-state index in [1.165, 1.54) is 12.1 Å². The van der Waals surface area contributed by atoms with Crippen LogP contribution in [0.4, 0.5) is 18.9 Å². The van der Waals surface area contributed by atoms with Crippen LogP contribution in [0.5, 0.6) is 0 Å². The molecule has 1 fully saturated rings. The zero-order valence-corrected chi connectivity index (χ0v) is 14.8. The number of likely N-dealkylation sites (tertiary alicyclic amines) is 1. The molecule has 6 nitrogen and oxygen atoms in total. The number of carbonyl (C=O) groups excluding carboxylic acids is 3. The Kier molecular flexibility index (Phi) is 6.81. The zero-order chi connectivity index (χ0) is 20.0. The number of para-hydroxylation sites is 1. The van der Waals surface area contributed by atoms with E-state index in [1.54, 1.807) is 12.1 Å². The largest absolute Gasteiger partial charge is 0.471 e. The van der Waals surface area contributed by atoms with Crippen LogP contribution in [0.2, 0.25) is 0 Å². The van der Waals surface area contributed by atoms with Crippen LogP contribution in [-0.4, -0.2) is 48.1 Å². The number of carbonyl (C=O) groups is 3. The molecular formula is C18H21F3N2O4. The Morgan fingerprint density at radius 1 is 1.26 bits per heavy atom. The summed E-state index contributed by atoms with van der Waals surface area (Å²) in [5.74, 6) is -3.43. The summed E-state index contributed by atoms with van der Waals surface area (Å²) < 4.78 is 43.2. The third-order valence-corrected chi connectivity index (χ3v) is 4.19. The molecule has 1 aliphatic rings. The van der Waals surface area contributed by atoms with Crippen LogP contribution >= 0.6 is 0 Å². The summed E-state index contributed by atoms with van der Waals surface area (Å²) in [6.07, 6.45) is -3.09. The van der Waals surface area contributed by atoms with Gasteiger partial charge in [0.1, 0.15) is 6.04 Å². The number of unbranched alkanes of at least 4 members (excludes halogenated alkanes) is 1. The van der Waals surface area contributed by atoms with Crippen LogP contribution in [0.1, 0.15) is 43.0 Å². The lowest BCUT2D eigenvalue weighted by Crippen LogP contribution is -2.48. The summed E-state index contributed by atoms with van der Waals surface area (Å²) in [4.78, 5) is 36.7. The second-order valence-electron chi connectivity index (χ2n) is 6.18. The number of esters is 1. The van der Waals surface area contributed by atoms with Crippen LogP contribution in [0.25, 0.3) is 0 Å². The van der Waals surface area contributed by atoms with Gasteiger partial charge in [0.05, 0.1) is 17.9 Å². The monoisotopic (exact) mass is 386 g/mol. The second-order valence-corrected chi connectivity index (χ2v) is 6.18. The zero-order valence-electron chi connectivity index (χ0n) is 14.8. The highest BCUT2D eigenvalue weighted by Crippen LogP contribution is 2.27. The summed E-state index contributed by atoms with van der Waals surface area (Å²) in [6.45, 7) is 2.03. The van der Waals surface area contributed by atoms with Gasteiger partial charge in [-0.1, -0.05) is 25.5 Å². The van der Waals surface area contributed by atoms with E-state index < -0.39 is 30.0 Å². The van der Waals surface area contributed by atoms with E-state index >= 15 is 0 Å². The first-order valence-electron chi connectivity index (χ1n) is 8.70. The molecule has 1 aliphatic heterocycles. The SMILES string of the molecule is CCCCOC(=O)c1ccccc1NC(=O)C1CCCN1C(=O)C(F)(F)F.